The first kappa shape index (κ1) is 15.7. The van der Waals surface area contributed by atoms with Crippen LogP contribution in [0.4, 0.5) is 0 Å². The summed E-state index contributed by atoms with van der Waals surface area (Å²) in [7, 11) is 0. The lowest BCUT2D eigenvalue weighted by Gasteiger charge is -2.23. The molecular formula is C18H20ClNO. The summed E-state index contributed by atoms with van der Waals surface area (Å²) in [6.45, 7) is 7.97. The Morgan fingerprint density at radius 1 is 1.24 bits per heavy atom. The fourth-order valence-corrected chi connectivity index (χ4v) is 2.30. The zero-order chi connectivity index (χ0) is 15.6. The SMILES string of the molecule is CCC(C)(C)c1cc(C(C)=O)cc(-c2ccccc2Cl)n1. The number of benzene rings is 1. The van der Waals surface area contributed by atoms with Gasteiger partial charge in [0.25, 0.3) is 0 Å². The predicted molar refractivity (Wildman–Crippen MR) is 88.0 cm³/mol. The van der Waals surface area contributed by atoms with Crippen LogP contribution in [0.15, 0.2) is 36.4 Å². The number of hydrogen-bond acceptors (Lipinski definition) is 2. The minimum absolute atomic E-state index is 0.0406. The van der Waals surface area contributed by atoms with Crippen LogP contribution in [-0.2, 0) is 5.41 Å². The van der Waals surface area contributed by atoms with Crippen LogP contribution in [0.5, 0.6) is 0 Å². The van der Waals surface area contributed by atoms with E-state index in [0.717, 1.165) is 23.4 Å². The predicted octanol–water partition coefficient (Wildman–Crippen LogP) is 5.29. The van der Waals surface area contributed by atoms with Gasteiger partial charge < -0.3 is 0 Å². The standard InChI is InChI=1S/C18H20ClNO/c1-5-18(3,4)17-11-13(12(2)21)10-16(20-17)14-8-6-7-9-15(14)19/h6-11H,5H2,1-4H3. The van der Waals surface area contributed by atoms with E-state index in [1.165, 1.54) is 0 Å². The molecule has 0 saturated carbocycles. The van der Waals surface area contributed by atoms with Crippen molar-refractivity contribution in [1.82, 2.24) is 4.98 Å². The molecule has 2 aromatic rings. The van der Waals surface area contributed by atoms with E-state index >= 15 is 0 Å². The van der Waals surface area contributed by atoms with E-state index in [0.29, 0.717) is 10.6 Å². The Bertz CT molecular complexity index is 677. The number of pyridine rings is 1. The Balaban J connectivity index is 2.67. The first-order valence-corrected chi connectivity index (χ1v) is 7.51. The lowest BCUT2D eigenvalue weighted by molar-refractivity contribution is 0.101. The molecule has 3 heteroatoms. The normalized spacial score (nSPS) is 11.5. The quantitative estimate of drug-likeness (QED) is 0.718. The van der Waals surface area contributed by atoms with E-state index in [4.69, 9.17) is 16.6 Å². The largest absolute Gasteiger partial charge is 0.295 e. The molecule has 0 aliphatic heterocycles. The molecule has 0 radical (unpaired) electrons. The van der Waals surface area contributed by atoms with Crippen molar-refractivity contribution < 1.29 is 4.79 Å². The fraction of sp³-hybridized carbons (Fsp3) is 0.333. The summed E-state index contributed by atoms with van der Waals surface area (Å²) in [4.78, 5) is 16.6. The molecule has 0 saturated heterocycles. The van der Waals surface area contributed by atoms with Crippen molar-refractivity contribution in [2.24, 2.45) is 0 Å². The van der Waals surface area contributed by atoms with Gasteiger partial charge in [-0.05, 0) is 31.5 Å². The van der Waals surface area contributed by atoms with Gasteiger partial charge in [0.1, 0.15) is 0 Å². The molecular weight excluding hydrogens is 282 g/mol. The number of Topliss-reactive ketones (excluding diaryl/α,β-unsaturated/α-hetero) is 1. The molecule has 0 aliphatic rings. The van der Waals surface area contributed by atoms with Crippen LogP contribution in [0.1, 0.15) is 50.2 Å². The van der Waals surface area contributed by atoms with Crippen molar-refractivity contribution in [3.05, 3.63) is 52.7 Å². The first-order valence-electron chi connectivity index (χ1n) is 7.13. The molecule has 0 unspecified atom stereocenters. The monoisotopic (exact) mass is 301 g/mol. The van der Waals surface area contributed by atoms with Gasteiger partial charge >= 0.3 is 0 Å². The van der Waals surface area contributed by atoms with Crippen LogP contribution in [0.3, 0.4) is 0 Å². The maximum absolute atomic E-state index is 11.8. The molecule has 1 heterocycles. The minimum atomic E-state index is -0.0819. The van der Waals surface area contributed by atoms with Crippen molar-refractivity contribution in [3.63, 3.8) is 0 Å². The molecule has 0 spiro atoms. The van der Waals surface area contributed by atoms with Gasteiger partial charge in [0, 0.05) is 27.3 Å². The van der Waals surface area contributed by atoms with Gasteiger partial charge in [-0.25, -0.2) is 0 Å². The van der Waals surface area contributed by atoms with E-state index in [1.807, 2.05) is 36.4 Å². The van der Waals surface area contributed by atoms with Gasteiger partial charge in [0.05, 0.1) is 5.69 Å². The molecule has 0 N–H and O–H groups in total. The number of hydrogen-bond donors (Lipinski definition) is 0. The Labute approximate surface area is 131 Å². The van der Waals surface area contributed by atoms with Crippen LogP contribution in [0.25, 0.3) is 11.3 Å². The van der Waals surface area contributed by atoms with Crippen LogP contribution < -0.4 is 0 Å². The molecule has 0 aliphatic carbocycles. The Morgan fingerprint density at radius 3 is 2.48 bits per heavy atom. The van der Waals surface area contributed by atoms with Gasteiger partial charge in [0.15, 0.2) is 5.78 Å². The third-order valence-corrected chi connectivity index (χ3v) is 4.29. The third kappa shape index (κ3) is 3.33. The lowest BCUT2D eigenvalue weighted by Crippen LogP contribution is -2.18. The van der Waals surface area contributed by atoms with E-state index in [1.54, 1.807) is 6.92 Å². The summed E-state index contributed by atoms with van der Waals surface area (Å²) in [6, 6.07) is 11.3. The van der Waals surface area contributed by atoms with E-state index in [-0.39, 0.29) is 11.2 Å². The van der Waals surface area contributed by atoms with Gasteiger partial charge in [-0.3, -0.25) is 9.78 Å². The molecule has 2 nitrogen and oxygen atoms in total. The molecule has 110 valence electrons. The number of aromatic nitrogens is 1. The summed E-state index contributed by atoms with van der Waals surface area (Å²) in [5.41, 5.74) is 3.13. The maximum Gasteiger partial charge on any atom is 0.159 e. The second-order valence-electron chi connectivity index (χ2n) is 5.90. The average Bonchev–Trinajstić information content (AvgIpc) is 2.47. The topological polar surface area (TPSA) is 30.0 Å². The number of rotatable bonds is 4. The highest BCUT2D eigenvalue weighted by Crippen LogP contribution is 2.31. The molecule has 0 bridgehead atoms. The second-order valence-corrected chi connectivity index (χ2v) is 6.31. The number of ketones is 1. The molecule has 0 atom stereocenters. The maximum atomic E-state index is 11.8. The van der Waals surface area contributed by atoms with Crippen molar-refractivity contribution >= 4 is 17.4 Å². The highest BCUT2D eigenvalue weighted by Gasteiger charge is 2.22. The average molecular weight is 302 g/mol. The Kier molecular flexibility index (Phi) is 4.48. The van der Waals surface area contributed by atoms with Crippen LogP contribution in [-0.4, -0.2) is 10.8 Å². The second kappa shape index (κ2) is 5.98. The van der Waals surface area contributed by atoms with Crippen LogP contribution in [0, 0.1) is 0 Å². The van der Waals surface area contributed by atoms with Crippen LogP contribution in [0.2, 0.25) is 5.02 Å². The number of carbonyl (C=O) groups is 1. The fourth-order valence-electron chi connectivity index (χ4n) is 2.07. The summed E-state index contributed by atoms with van der Waals surface area (Å²) in [5.74, 6) is 0.0406. The number of nitrogens with zero attached hydrogens (tertiary/aromatic N) is 1. The summed E-state index contributed by atoms with van der Waals surface area (Å²) in [6.07, 6.45) is 0.948. The molecule has 0 amide bonds. The zero-order valence-corrected chi connectivity index (χ0v) is 13.7. The first-order chi connectivity index (χ1) is 9.85. The van der Waals surface area contributed by atoms with Gasteiger partial charge in [0.2, 0.25) is 0 Å². The molecule has 1 aromatic carbocycles. The third-order valence-electron chi connectivity index (χ3n) is 3.96. The molecule has 2 rings (SSSR count). The van der Waals surface area contributed by atoms with Gasteiger partial charge in [-0.2, -0.15) is 0 Å². The van der Waals surface area contributed by atoms with Crippen molar-refractivity contribution in [1.29, 1.82) is 0 Å². The minimum Gasteiger partial charge on any atom is -0.295 e. The number of carbonyl (C=O) groups excluding carboxylic acids is 1. The van der Waals surface area contributed by atoms with Crippen LogP contribution >= 0.6 is 11.6 Å². The zero-order valence-electron chi connectivity index (χ0n) is 12.9. The summed E-state index contributed by atoms with van der Waals surface area (Å²) in [5, 5.41) is 0.644. The van der Waals surface area contributed by atoms with Crippen molar-refractivity contribution in [3.8, 4) is 11.3 Å². The Hall–Kier alpha value is -1.67. The summed E-state index contributed by atoms with van der Waals surface area (Å²) < 4.78 is 0. The molecule has 1 aromatic heterocycles. The smallest absolute Gasteiger partial charge is 0.159 e. The van der Waals surface area contributed by atoms with Crippen molar-refractivity contribution in [2.75, 3.05) is 0 Å². The van der Waals surface area contributed by atoms with Gasteiger partial charge in [-0.15, -0.1) is 0 Å². The van der Waals surface area contributed by atoms with E-state index in [2.05, 4.69) is 20.8 Å². The molecule has 21 heavy (non-hydrogen) atoms. The van der Waals surface area contributed by atoms with Gasteiger partial charge in [-0.1, -0.05) is 50.6 Å². The lowest BCUT2D eigenvalue weighted by atomic mass is 9.85. The Morgan fingerprint density at radius 2 is 1.90 bits per heavy atom. The highest BCUT2D eigenvalue weighted by molar-refractivity contribution is 6.33. The van der Waals surface area contributed by atoms with E-state index in [9.17, 15) is 4.79 Å². The van der Waals surface area contributed by atoms with Crippen molar-refractivity contribution in [2.45, 2.75) is 39.5 Å². The highest BCUT2D eigenvalue weighted by atomic mass is 35.5. The van der Waals surface area contributed by atoms with E-state index < -0.39 is 0 Å². The summed E-state index contributed by atoms with van der Waals surface area (Å²) >= 11 is 6.27. The molecule has 0 fully saturated rings. The number of halogens is 1.